The third-order valence-corrected chi connectivity index (χ3v) is 8.10. The predicted octanol–water partition coefficient (Wildman–Crippen LogP) is 6.86. The van der Waals surface area contributed by atoms with Crippen LogP contribution in [-0.2, 0) is 11.3 Å². The molecule has 1 unspecified atom stereocenters. The monoisotopic (exact) mass is 551 g/mol. The van der Waals surface area contributed by atoms with Crippen LogP contribution in [0.3, 0.4) is 0 Å². The highest BCUT2D eigenvalue weighted by molar-refractivity contribution is 5.92. The summed E-state index contributed by atoms with van der Waals surface area (Å²) >= 11 is 0. The first kappa shape index (κ1) is 28.2. The van der Waals surface area contributed by atoms with Crippen molar-refractivity contribution in [3.8, 4) is 11.5 Å². The fourth-order valence-electron chi connectivity index (χ4n) is 5.82. The summed E-state index contributed by atoms with van der Waals surface area (Å²) in [6, 6.07) is 14.7. The van der Waals surface area contributed by atoms with Crippen LogP contribution in [0.5, 0.6) is 11.5 Å². The van der Waals surface area contributed by atoms with Crippen molar-refractivity contribution in [2.45, 2.75) is 45.1 Å². The van der Waals surface area contributed by atoms with Crippen LogP contribution in [0.2, 0.25) is 0 Å². The maximum Gasteiger partial charge on any atom is 0.228 e. The van der Waals surface area contributed by atoms with Gasteiger partial charge in [-0.1, -0.05) is 18.2 Å². The first-order chi connectivity index (χ1) is 19.2. The van der Waals surface area contributed by atoms with Gasteiger partial charge in [-0.15, -0.1) is 0 Å². The zero-order valence-corrected chi connectivity index (χ0v) is 23.1. The summed E-state index contributed by atoms with van der Waals surface area (Å²) in [5.74, 6) is -2.76. The Labute approximate surface area is 233 Å². The van der Waals surface area contributed by atoms with E-state index >= 15 is 0 Å². The zero-order valence-electron chi connectivity index (χ0n) is 23.1. The van der Waals surface area contributed by atoms with Gasteiger partial charge in [-0.3, -0.25) is 9.69 Å². The Balaban J connectivity index is 1.14. The maximum absolute atomic E-state index is 13.9. The molecular formula is C32H36F3N3O2. The van der Waals surface area contributed by atoms with E-state index in [1.165, 1.54) is 11.1 Å². The number of anilines is 1. The molecule has 0 aliphatic carbocycles. The molecule has 2 heterocycles. The summed E-state index contributed by atoms with van der Waals surface area (Å²) in [4.78, 5) is 17.5. The summed E-state index contributed by atoms with van der Waals surface area (Å²) in [7, 11) is 2.07. The Morgan fingerprint density at radius 2 is 1.65 bits per heavy atom. The van der Waals surface area contributed by atoms with Gasteiger partial charge in [-0.25, -0.2) is 13.2 Å². The molecule has 8 heteroatoms. The van der Waals surface area contributed by atoms with Crippen LogP contribution in [0.25, 0.3) is 0 Å². The van der Waals surface area contributed by atoms with Crippen LogP contribution in [0.1, 0.15) is 48.3 Å². The standard InChI is InChI=1S/C32H36F3N3O2/c1-21-5-8-25(36-32(39)24-4-3-13-37(2)20-24)16-27(21)23-11-14-38(15-12-23)19-22-6-9-26(10-7-22)40-31-18-29(34)28(33)17-30(31)35/h5-10,16-18,23-24H,3-4,11-15,19-20H2,1-2H3,(H,36,39). The first-order valence-corrected chi connectivity index (χ1v) is 14.0. The highest BCUT2D eigenvalue weighted by Crippen LogP contribution is 2.33. The Hall–Kier alpha value is -3.36. The number of carbonyl (C=O) groups is 1. The van der Waals surface area contributed by atoms with E-state index in [2.05, 4.69) is 41.2 Å². The van der Waals surface area contributed by atoms with Crippen LogP contribution in [0.15, 0.2) is 54.6 Å². The minimum absolute atomic E-state index is 0.0412. The number of nitrogens with one attached hydrogen (secondary N) is 1. The van der Waals surface area contributed by atoms with Crippen molar-refractivity contribution in [2.75, 3.05) is 38.5 Å². The Morgan fingerprint density at radius 3 is 2.38 bits per heavy atom. The first-order valence-electron chi connectivity index (χ1n) is 14.0. The third kappa shape index (κ3) is 6.85. The lowest BCUT2D eigenvalue weighted by molar-refractivity contribution is -0.121. The van der Waals surface area contributed by atoms with E-state index in [0.29, 0.717) is 23.8 Å². The number of piperidine rings is 2. The summed E-state index contributed by atoms with van der Waals surface area (Å²) < 4.78 is 45.9. The van der Waals surface area contributed by atoms with Crippen molar-refractivity contribution in [3.05, 3.63) is 88.7 Å². The maximum atomic E-state index is 13.9. The number of carbonyl (C=O) groups excluding carboxylic acids is 1. The van der Waals surface area contributed by atoms with E-state index in [4.69, 9.17) is 4.74 Å². The molecule has 5 rings (SSSR count). The van der Waals surface area contributed by atoms with E-state index < -0.39 is 17.5 Å². The second-order valence-corrected chi connectivity index (χ2v) is 11.2. The van der Waals surface area contributed by atoms with Gasteiger partial charge >= 0.3 is 0 Å². The average molecular weight is 552 g/mol. The lowest BCUT2D eigenvalue weighted by Crippen LogP contribution is -2.38. The van der Waals surface area contributed by atoms with Gasteiger partial charge in [-0.2, -0.15) is 0 Å². The summed E-state index contributed by atoms with van der Waals surface area (Å²) in [6.07, 6.45) is 4.06. The van der Waals surface area contributed by atoms with Gasteiger partial charge in [-0.05, 0) is 106 Å². The van der Waals surface area contributed by atoms with Crippen LogP contribution in [0, 0.1) is 30.3 Å². The molecule has 1 amide bonds. The van der Waals surface area contributed by atoms with Gasteiger partial charge < -0.3 is 15.0 Å². The third-order valence-electron chi connectivity index (χ3n) is 8.10. The fourth-order valence-corrected chi connectivity index (χ4v) is 5.82. The molecule has 3 aromatic rings. The molecule has 1 atom stereocenters. The minimum Gasteiger partial charge on any atom is -0.454 e. The molecule has 2 aliphatic heterocycles. The Morgan fingerprint density at radius 1 is 0.925 bits per heavy atom. The normalized spacial score (nSPS) is 19.0. The van der Waals surface area contributed by atoms with E-state index in [-0.39, 0.29) is 17.6 Å². The van der Waals surface area contributed by atoms with Gasteiger partial charge in [0.25, 0.3) is 0 Å². The number of amides is 1. The molecule has 2 saturated heterocycles. The summed E-state index contributed by atoms with van der Waals surface area (Å²) in [5, 5.41) is 3.17. The molecule has 2 aliphatic rings. The number of hydrogen-bond donors (Lipinski definition) is 1. The molecule has 0 bridgehead atoms. The average Bonchev–Trinajstić information content (AvgIpc) is 2.94. The van der Waals surface area contributed by atoms with Gasteiger partial charge in [0.15, 0.2) is 23.2 Å². The van der Waals surface area contributed by atoms with Crippen molar-refractivity contribution in [2.24, 2.45) is 5.92 Å². The highest BCUT2D eigenvalue weighted by Gasteiger charge is 2.25. The van der Waals surface area contributed by atoms with Crippen molar-refractivity contribution in [1.29, 1.82) is 0 Å². The largest absolute Gasteiger partial charge is 0.454 e. The van der Waals surface area contributed by atoms with Crippen LogP contribution >= 0.6 is 0 Å². The molecule has 1 N–H and O–H groups in total. The lowest BCUT2D eigenvalue weighted by atomic mass is 9.86. The number of halogens is 3. The SMILES string of the molecule is Cc1ccc(NC(=O)C2CCCN(C)C2)cc1C1CCN(Cc2ccc(Oc3cc(F)c(F)cc3F)cc2)CC1. The Kier molecular flexibility index (Phi) is 8.76. The number of rotatable bonds is 7. The lowest BCUT2D eigenvalue weighted by Gasteiger charge is -2.33. The number of benzene rings is 3. The van der Waals surface area contributed by atoms with Crippen molar-refractivity contribution >= 4 is 11.6 Å². The van der Waals surface area contributed by atoms with Crippen molar-refractivity contribution in [3.63, 3.8) is 0 Å². The molecule has 40 heavy (non-hydrogen) atoms. The predicted molar refractivity (Wildman–Crippen MR) is 150 cm³/mol. The minimum atomic E-state index is -1.25. The van der Waals surface area contributed by atoms with Gasteiger partial charge in [0, 0.05) is 30.9 Å². The van der Waals surface area contributed by atoms with Crippen molar-refractivity contribution in [1.82, 2.24) is 9.80 Å². The molecule has 3 aromatic carbocycles. The van der Waals surface area contributed by atoms with E-state index in [9.17, 15) is 18.0 Å². The van der Waals surface area contributed by atoms with Crippen LogP contribution in [-0.4, -0.2) is 48.9 Å². The number of ether oxygens (including phenoxy) is 1. The van der Waals surface area contributed by atoms with Crippen molar-refractivity contribution < 1.29 is 22.7 Å². The van der Waals surface area contributed by atoms with Gasteiger partial charge in [0.1, 0.15) is 5.75 Å². The highest BCUT2D eigenvalue weighted by atomic mass is 19.2. The smallest absolute Gasteiger partial charge is 0.228 e. The molecule has 5 nitrogen and oxygen atoms in total. The summed E-state index contributed by atoms with van der Waals surface area (Å²) in [5.41, 5.74) is 4.53. The topological polar surface area (TPSA) is 44.8 Å². The molecule has 212 valence electrons. The molecular weight excluding hydrogens is 515 g/mol. The zero-order chi connectivity index (χ0) is 28.2. The van der Waals surface area contributed by atoms with Crippen LogP contribution in [0.4, 0.5) is 18.9 Å². The molecule has 2 fully saturated rings. The number of hydrogen-bond acceptors (Lipinski definition) is 4. The number of nitrogens with zero attached hydrogens (tertiary/aromatic N) is 2. The van der Waals surface area contributed by atoms with Gasteiger partial charge in [0.05, 0.1) is 5.92 Å². The quantitative estimate of drug-likeness (QED) is 0.326. The molecule has 0 saturated carbocycles. The van der Waals surface area contributed by atoms with E-state index in [1.54, 1.807) is 12.1 Å². The number of likely N-dealkylation sites (tertiary alicyclic amines) is 2. The van der Waals surface area contributed by atoms with E-state index in [0.717, 1.165) is 69.7 Å². The molecule has 0 radical (unpaired) electrons. The van der Waals surface area contributed by atoms with E-state index in [1.807, 2.05) is 18.2 Å². The van der Waals surface area contributed by atoms with Crippen LogP contribution < -0.4 is 10.1 Å². The molecule has 0 spiro atoms. The second-order valence-electron chi connectivity index (χ2n) is 11.2. The fraction of sp³-hybridized carbons (Fsp3) is 0.406. The Bertz CT molecular complexity index is 1340. The second kappa shape index (κ2) is 12.4. The van der Waals surface area contributed by atoms with Gasteiger partial charge in [0.2, 0.25) is 5.91 Å². The number of aryl methyl sites for hydroxylation is 1. The molecule has 0 aromatic heterocycles. The summed E-state index contributed by atoms with van der Waals surface area (Å²) in [6.45, 7) is 6.68.